The zero-order valence-electron chi connectivity index (χ0n) is 11.8. The normalized spacial score (nSPS) is 23.1. The molecule has 0 aliphatic carbocycles. The van der Waals surface area contributed by atoms with Crippen LogP contribution in [-0.4, -0.2) is 41.5 Å². The van der Waals surface area contributed by atoms with Gasteiger partial charge in [0.25, 0.3) is 0 Å². The van der Waals surface area contributed by atoms with Gasteiger partial charge in [0.2, 0.25) is 5.91 Å². The fourth-order valence-electron chi connectivity index (χ4n) is 2.78. The Kier molecular flexibility index (Phi) is 4.91. The third kappa shape index (κ3) is 3.32. The highest BCUT2D eigenvalue weighted by Gasteiger charge is 2.29. The molecule has 1 aliphatic rings. The van der Waals surface area contributed by atoms with E-state index in [-0.39, 0.29) is 11.9 Å². The number of rotatable bonds is 4. The largest absolute Gasteiger partial charge is 0.342 e. The Hall–Kier alpha value is -1.42. The molecule has 2 rings (SSSR count). The minimum atomic E-state index is -0.0427. The molecular weight excluding hydrogens is 238 g/mol. The van der Waals surface area contributed by atoms with Crippen molar-refractivity contribution < 1.29 is 4.79 Å². The molecule has 2 atom stereocenters. The quantitative estimate of drug-likeness (QED) is 0.898. The summed E-state index contributed by atoms with van der Waals surface area (Å²) >= 11 is 0. The van der Waals surface area contributed by atoms with Crippen molar-refractivity contribution in [3.05, 3.63) is 30.1 Å². The molecule has 0 bridgehead atoms. The van der Waals surface area contributed by atoms with E-state index >= 15 is 0 Å². The van der Waals surface area contributed by atoms with E-state index in [1.807, 2.05) is 31.0 Å². The lowest BCUT2D eigenvalue weighted by molar-refractivity contribution is -0.133. The van der Waals surface area contributed by atoms with E-state index in [2.05, 4.69) is 16.4 Å². The number of carbonyl (C=O) groups is 1. The molecule has 2 unspecified atom stereocenters. The van der Waals surface area contributed by atoms with Gasteiger partial charge in [0.1, 0.15) is 0 Å². The molecular formula is C15H23N3O. The van der Waals surface area contributed by atoms with Crippen molar-refractivity contribution >= 4 is 5.91 Å². The second-order valence-corrected chi connectivity index (χ2v) is 5.02. The standard InChI is InChI=1S/C15H23N3O/c1-3-18(4-2)15(19)14-10-12(7-9-17-14)13-6-5-8-16-11-13/h5-6,8,11-12,14,17H,3-4,7,9-10H2,1-2H3. The number of carbonyl (C=O) groups excluding carboxylic acids is 1. The van der Waals surface area contributed by atoms with Crippen molar-refractivity contribution in [2.24, 2.45) is 0 Å². The SMILES string of the molecule is CCN(CC)C(=O)C1CC(c2cccnc2)CCN1. The van der Waals surface area contributed by atoms with Gasteiger partial charge in [0.15, 0.2) is 0 Å². The number of amides is 1. The predicted octanol–water partition coefficient (Wildman–Crippen LogP) is 1.79. The molecule has 1 amide bonds. The summed E-state index contributed by atoms with van der Waals surface area (Å²) in [6.07, 6.45) is 5.67. The van der Waals surface area contributed by atoms with E-state index in [9.17, 15) is 4.79 Å². The van der Waals surface area contributed by atoms with E-state index in [1.165, 1.54) is 5.56 Å². The Morgan fingerprint density at radius 2 is 2.26 bits per heavy atom. The smallest absolute Gasteiger partial charge is 0.239 e. The average molecular weight is 261 g/mol. The van der Waals surface area contributed by atoms with Gasteiger partial charge in [-0.15, -0.1) is 0 Å². The maximum atomic E-state index is 12.4. The first-order chi connectivity index (χ1) is 9.26. The maximum absolute atomic E-state index is 12.4. The summed E-state index contributed by atoms with van der Waals surface area (Å²) in [5.74, 6) is 0.679. The van der Waals surface area contributed by atoms with Gasteiger partial charge in [0.05, 0.1) is 6.04 Å². The topological polar surface area (TPSA) is 45.2 Å². The van der Waals surface area contributed by atoms with E-state index in [4.69, 9.17) is 0 Å². The molecule has 2 heterocycles. The highest BCUT2D eigenvalue weighted by molar-refractivity contribution is 5.82. The third-order valence-electron chi connectivity index (χ3n) is 3.93. The van der Waals surface area contributed by atoms with Crippen LogP contribution in [0.4, 0.5) is 0 Å². The molecule has 1 fully saturated rings. The Labute approximate surface area is 115 Å². The third-order valence-corrected chi connectivity index (χ3v) is 3.93. The van der Waals surface area contributed by atoms with Crippen molar-refractivity contribution in [2.75, 3.05) is 19.6 Å². The van der Waals surface area contributed by atoms with Gasteiger partial charge >= 0.3 is 0 Å². The number of hydrogen-bond acceptors (Lipinski definition) is 3. The van der Waals surface area contributed by atoms with Crippen LogP contribution in [0.1, 0.15) is 38.2 Å². The van der Waals surface area contributed by atoms with Crippen molar-refractivity contribution in [3.63, 3.8) is 0 Å². The Morgan fingerprint density at radius 1 is 1.47 bits per heavy atom. The molecule has 4 heteroatoms. The average Bonchev–Trinajstić information content (AvgIpc) is 2.49. The van der Waals surface area contributed by atoms with Crippen LogP contribution in [-0.2, 0) is 4.79 Å². The highest BCUT2D eigenvalue weighted by Crippen LogP contribution is 2.27. The van der Waals surface area contributed by atoms with Crippen LogP contribution in [0.5, 0.6) is 0 Å². The summed E-state index contributed by atoms with van der Waals surface area (Å²) in [4.78, 5) is 18.5. The van der Waals surface area contributed by atoms with Crippen molar-refractivity contribution in [3.8, 4) is 0 Å². The zero-order chi connectivity index (χ0) is 13.7. The van der Waals surface area contributed by atoms with Crippen molar-refractivity contribution in [1.29, 1.82) is 0 Å². The van der Waals surface area contributed by atoms with Crippen LogP contribution in [0.25, 0.3) is 0 Å². The molecule has 4 nitrogen and oxygen atoms in total. The highest BCUT2D eigenvalue weighted by atomic mass is 16.2. The van der Waals surface area contributed by atoms with Gasteiger partial charge < -0.3 is 10.2 Å². The maximum Gasteiger partial charge on any atom is 0.239 e. The van der Waals surface area contributed by atoms with Gasteiger partial charge in [-0.05, 0) is 50.8 Å². The summed E-state index contributed by atoms with van der Waals surface area (Å²) in [6, 6.07) is 4.04. The number of likely N-dealkylation sites (N-methyl/N-ethyl adjacent to an activating group) is 1. The predicted molar refractivity (Wildman–Crippen MR) is 75.9 cm³/mol. The van der Waals surface area contributed by atoms with Crippen LogP contribution in [0.3, 0.4) is 0 Å². The number of aromatic nitrogens is 1. The van der Waals surface area contributed by atoms with Crippen molar-refractivity contribution in [2.45, 2.75) is 38.6 Å². The lowest BCUT2D eigenvalue weighted by atomic mass is 9.87. The number of nitrogens with zero attached hydrogens (tertiary/aromatic N) is 2. The summed E-state index contributed by atoms with van der Waals surface area (Å²) in [6.45, 7) is 6.53. The second-order valence-electron chi connectivity index (χ2n) is 5.02. The Balaban J connectivity index is 2.03. The minimum absolute atomic E-state index is 0.0427. The number of pyridine rings is 1. The van der Waals surface area contributed by atoms with Gasteiger partial charge in [-0.3, -0.25) is 9.78 Å². The van der Waals surface area contributed by atoms with E-state index in [0.717, 1.165) is 32.5 Å². The molecule has 0 spiro atoms. The minimum Gasteiger partial charge on any atom is -0.342 e. The van der Waals surface area contributed by atoms with Crippen LogP contribution in [0, 0.1) is 0 Å². The van der Waals surface area contributed by atoms with Crippen LogP contribution < -0.4 is 5.32 Å². The molecule has 0 radical (unpaired) electrons. The molecule has 1 saturated heterocycles. The first-order valence-electron chi connectivity index (χ1n) is 7.18. The van der Waals surface area contributed by atoms with Gasteiger partial charge in [-0.1, -0.05) is 6.07 Å². The summed E-state index contributed by atoms with van der Waals surface area (Å²) in [7, 11) is 0. The molecule has 1 aromatic rings. The number of nitrogens with one attached hydrogen (secondary N) is 1. The Morgan fingerprint density at radius 3 is 2.89 bits per heavy atom. The lowest BCUT2D eigenvalue weighted by Gasteiger charge is -2.32. The monoisotopic (exact) mass is 261 g/mol. The summed E-state index contributed by atoms with van der Waals surface area (Å²) < 4.78 is 0. The molecule has 1 N–H and O–H groups in total. The molecule has 1 aliphatic heterocycles. The summed E-state index contributed by atoms with van der Waals surface area (Å²) in [5.41, 5.74) is 1.25. The molecule has 0 saturated carbocycles. The van der Waals surface area contributed by atoms with E-state index < -0.39 is 0 Å². The van der Waals surface area contributed by atoms with Gasteiger partial charge in [-0.2, -0.15) is 0 Å². The van der Waals surface area contributed by atoms with Crippen LogP contribution in [0.2, 0.25) is 0 Å². The first kappa shape index (κ1) is 14.0. The second kappa shape index (κ2) is 6.66. The molecule has 104 valence electrons. The van der Waals surface area contributed by atoms with Crippen LogP contribution >= 0.6 is 0 Å². The van der Waals surface area contributed by atoms with E-state index in [1.54, 1.807) is 6.20 Å². The fourth-order valence-corrected chi connectivity index (χ4v) is 2.78. The fraction of sp³-hybridized carbons (Fsp3) is 0.600. The lowest BCUT2D eigenvalue weighted by Crippen LogP contribution is -2.49. The first-order valence-corrected chi connectivity index (χ1v) is 7.18. The number of piperidine rings is 1. The van der Waals surface area contributed by atoms with Gasteiger partial charge in [-0.25, -0.2) is 0 Å². The van der Waals surface area contributed by atoms with Gasteiger partial charge in [0, 0.05) is 25.5 Å². The van der Waals surface area contributed by atoms with Crippen LogP contribution in [0.15, 0.2) is 24.5 Å². The van der Waals surface area contributed by atoms with Crippen molar-refractivity contribution in [1.82, 2.24) is 15.2 Å². The molecule has 1 aromatic heterocycles. The Bertz CT molecular complexity index is 403. The molecule has 0 aromatic carbocycles. The zero-order valence-corrected chi connectivity index (χ0v) is 11.8. The molecule has 19 heavy (non-hydrogen) atoms. The van der Waals surface area contributed by atoms with E-state index in [0.29, 0.717) is 5.92 Å². The number of hydrogen-bond donors (Lipinski definition) is 1. The summed E-state index contributed by atoms with van der Waals surface area (Å²) in [5, 5.41) is 3.36.